The Morgan fingerprint density at radius 3 is 2.89 bits per heavy atom. The van der Waals surface area contributed by atoms with Crippen LogP contribution in [0.1, 0.15) is 19.6 Å². The Hall–Kier alpha value is -3.05. The summed E-state index contributed by atoms with van der Waals surface area (Å²) in [6.45, 7) is 2.43. The molecule has 3 aromatic rings. The van der Waals surface area contributed by atoms with Gasteiger partial charge in [0.05, 0.1) is 12.9 Å². The first-order valence-corrected chi connectivity index (χ1v) is 8.66. The molecule has 0 unspecified atom stereocenters. The van der Waals surface area contributed by atoms with Crippen LogP contribution in [0.5, 0.6) is 0 Å². The number of aliphatic hydroxyl groups excluding tert-OH is 1. The van der Waals surface area contributed by atoms with Crippen LogP contribution in [-0.2, 0) is 4.74 Å². The number of anilines is 2. The summed E-state index contributed by atoms with van der Waals surface area (Å²) in [6.07, 6.45) is 4.03. The molecule has 11 nitrogen and oxygen atoms in total. The predicted molar refractivity (Wildman–Crippen MR) is 94.9 cm³/mol. The molecule has 140 valence electrons. The van der Waals surface area contributed by atoms with Gasteiger partial charge in [0.2, 0.25) is 11.9 Å². The largest absolute Gasteiger partial charge is 0.388 e. The number of H-pyrrole nitrogens is 1. The number of nitrogen functional groups attached to an aromatic ring is 1. The van der Waals surface area contributed by atoms with E-state index in [1.54, 1.807) is 23.0 Å². The van der Waals surface area contributed by atoms with Crippen molar-refractivity contribution in [2.75, 3.05) is 17.2 Å². The lowest BCUT2D eigenvalue weighted by Gasteiger charge is -2.37. The Balaban J connectivity index is 1.65. The fourth-order valence-corrected chi connectivity index (χ4v) is 4.09. The maximum atomic E-state index is 12.1. The Morgan fingerprint density at radius 1 is 1.41 bits per heavy atom. The van der Waals surface area contributed by atoms with Gasteiger partial charge in [0.25, 0.3) is 5.56 Å². The van der Waals surface area contributed by atoms with Crippen LogP contribution in [0.25, 0.3) is 11.2 Å². The normalized spacial score (nSPS) is 29.7. The number of aliphatic hydroxyl groups is 1. The van der Waals surface area contributed by atoms with Crippen molar-refractivity contribution in [3.63, 3.8) is 0 Å². The van der Waals surface area contributed by atoms with E-state index in [0.717, 1.165) is 0 Å². The van der Waals surface area contributed by atoms with E-state index in [-0.39, 0.29) is 11.5 Å². The molecule has 2 aliphatic heterocycles. The molecule has 4 N–H and O–H groups in total. The van der Waals surface area contributed by atoms with Crippen LogP contribution >= 0.6 is 0 Å². The standard InChI is InChI=1S/C16H18N8O3/c1-2-16-6-23(15-18-4-3-5-19-15)9(10(16)25)13(27-16)24-7-20-8-11(24)21-14(17)22-12(8)26/h3-5,7,9-10,13,25H,2,6H2,1H3,(H3,17,21,22,26)/t9-,10+,13-,16+/m1/s1. The molecule has 0 saturated carbocycles. The highest BCUT2D eigenvalue weighted by molar-refractivity contribution is 5.70. The molecule has 0 aromatic carbocycles. The third-order valence-electron chi connectivity index (χ3n) is 5.44. The molecule has 27 heavy (non-hydrogen) atoms. The first-order valence-electron chi connectivity index (χ1n) is 8.66. The van der Waals surface area contributed by atoms with Gasteiger partial charge in [-0.1, -0.05) is 6.92 Å². The average molecular weight is 370 g/mol. The zero-order chi connectivity index (χ0) is 18.8. The number of morpholine rings is 1. The van der Waals surface area contributed by atoms with Crippen molar-refractivity contribution in [3.05, 3.63) is 35.1 Å². The molecular weight excluding hydrogens is 352 g/mol. The summed E-state index contributed by atoms with van der Waals surface area (Å²) in [5.74, 6) is 0.506. The van der Waals surface area contributed by atoms with E-state index in [9.17, 15) is 9.90 Å². The molecule has 2 saturated heterocycles. The Labute approximate surface area is 152 Å². The van der Waals surface area contributed by atoms with Crippen molar-refractivity contribution < 1.29 is 9.84 Å². The van der Waals surface area contributed by atoms with Crippen molar-refractivity contribution in [2.45, 2.75) is 37.3 Å². The molecule has 2 fully saturated rings. The van der Waals surface area contributed by atoms with Crippen molar-refractivity contribution in [1.29, 1.82) is 0 Å². The Morgan fingerprint density at radius 2 is 2.19 bits per heavy atom. The number of nitrogens with one attached hydrogen (secondary N) is 1. The van der Waals surface area contributed by atoms with E-state index in [0.29, 0.717) is 24.6 Å². The first kappa shape index (κ1) is 16.1. The predicted octanol–water partition coefficient (Wildman–Crippen LogP) is -0.581. The molecule has 5 rings (SSSR count). The number of aromatic amines is 1. The fourth-order valence-electron chi connectivity index (χ4n) is 4.09. The summed E-state index contributed by atoms with van der Waals surface area (Å²) in [5, 5.41) is 11.0. The van der Waals surface area contributed by atoms with Gasteiger partial charge >= 0.3 is 0 Å². The summed E-state index contributed by atoms with van der Waals surface area (Å²) in [6, 6.07) is 1.28. The van der Waals surface area contributed by atoms with E-state index in [4.69, 9.17) is 10.5 Å². The van der Waals surface area contributed by atoms with Crippen LogP contribution in [-0.4, -0.2) is 58.9 Å². The van der Waals surface area contributed by atoms with Crippen molar-refractivity contribution in [3.8, 4) is 0 Å². The molecule has 2 aliphatic rings. The van der Waals surface area contributed by atoms with Gasteiger partial charge < -0.3 is 20.5 Å². The third-order valence-corrected chi connectivity index (χ3v) is 5.44. The van der Waals surface area contributed by atoms with Gasteiger partial charge in [0.15, 0.2) is 17.4 Å². The molecule has 0 aliphatic carbocycles. The van der Waals surface area contributed by atoms with E-state index in [1.165, 1.54) is 6.33 Å². The summed E-state index contributed by atoms with van der Waals surface area (Å²) < 4.78 is 7.92. The highest BCUT2D eigenvalue weighted by atomic mass is 16.6. The molecule has 2 bridgehead atoms. The molecule has 0 radical (unpaired) electrons. The highest BCUT2D eigenvalue weighted by Crippen LogP contribution is 2.49. The Bertz CT molecular complexity index is 1070. The fraction of sp³-hybridized carbons (Fsp3) is 0.438. The average Bonchev–Trinajstić information content (AvgIpc) is 3.30. The van der Waals surface area contributed by atoms with Gasteiger partial charge in [-0.05, 0) is 12.5 Å². The maximum Gasteiger partial charge on any atom is 0.280 e. The van der Waals surface area contributed by atoms with E-state index in [2.05, 4.69) is 24.9 Å². The van der Waals surface area contributed by atoms with Crippen LogP contribution in [0.2, 0.25) is 0 Å². The molecule has 11 heteroatoms. The molecule has 3 aromatic heterocycles. The molecule has 5 heterocycles. The first-order chi connectivity index (χ1) is 13.0. The van der Waals surface area contributed by atoms with Gasteiger partial charge in [-0.25, -0.2) is 15.0 Å². The van der Waals surface area contributed by atoms with E-state index < -0.39 is 29.5 Å². The number of ether oxygens (including phenoxy) is 1. The summed E-state index contributed by atoms with van der Waals surface area (Å²) in [5.41, 5.74) is 4.98. The van der Waals surface area contributed by atoms with E-state index in [1.807, 2.05) is 11.8 Å². The molecule has 4 atom stereocenters. The maximum absolute atomic E-state index is 12.1. The molecule has 0 spiro atoms. The monoisotopic (exact) mass is 370 g/mol. The van der Waals surface area contributed by atoms with Crippen molar-refractivity contribution in [2.24, 2.45) is 0 Å². The number of nitrogens with zero attached hydrogens (tertiary/aromatic N) is 6. The SMILES string of the molecule is CC[C@@]12CN(c3ncccn3)[C@@H]([C@H](n3cnc4c(=O)[nH]c(N)nc43)O1)[C@@H]2O. The van der Waals surface area contributed by atoms with Crippen LogP contribution in [0.15, 0.2) is 29.6 Å². The second-order valence-corrected chi connectivity index (χ2v) is 6.81. The number of nitrogens with two attached hydrogens (primary N) is 1. The summed E-state index contributed by atoms with van der Waals surface area (Å²) in [7, 11) is 0. The summed E-state index contributed by atoms with van der Waals surface area (Å²) >= 11 is 0. The quantitative estimate of drug-likeness (QED) is 0.550. The minimum absolute atomic E-state index is 0.00796. The zero-order valence-corrected chi connectivity index (χ0v) is 14.5. The number of imidazole rings is 1. The smallest absolute Gasteiger partial charge is 0.280 e. The minimum Gasteiger partial charge on any atom is -0.388 e. The second kappa shape index (κ2) is 5.47. The van der Waals surface area contributed by atoms with Crippen LogP contribution in [0.4, 0.5) is 11.9 Å². The molecule has 0 amide bonds. The highest BCUT2D eigenvalue weighted by Gasteiger charge is 2.63. The molecular formula is C16H18N8O3. The number of rotatable bonds is 3. The minimum atomic E-state index is -0.766. The lowest BCUT2D eigenvalue weighted by atomic mass is 9.96. The van der Waals surface area contributed by atoms with E-state index >= 15 is 0 Å². The number of fused-ring (bicyclic) bond motifs is 3. The third kappa shape index (κ3) is 2.12. The number of hydrogen-bond acceptors (Lipinski definition) is 9. The number of hydrogen-bond donors (Lipinski definition) is 3. The van der Waals surface area contributed by atoms with Crippen molar-refractivity contribution in [1.82, 2.24) is 29.5 Å². The lowest BCUT2D eigenvalue weighted by Crippen LogP contribution is -2.46. The van der Waals surface area contributed by atoms with Crippen LogP contribution in [0.3, 0.4) is 0 Å². The van der Waals surface area contributed by atoms with Crippen LogP contribution < -0.4 is 16.2 Å². The van der Waals surface area contributed by atoms with Gasteiger partial charge in [-0.3, -0.25) is 14.3 Å². The van der Waals surface area contributed by atoms with Crippen LogP contribution in [0, 0.1) is 0 Å². The number of aromatic nitrogens is 6. The Kier molecular flexibility index (Phi) is 3.27. The van der Waals surface area contributed by atoms with Gasteiger partial charge in [-0.2, -0.15) is 4.98 Å². The van der Waals surface area contributed by atoms with Gasteiger partial charge in [0.1, 0.15) is 17.7 Å². The second-order valence-electron chi connectivity index (χ2n) is 6.81. The van der Waals surface area contributed by atoms with Gasteiger partial charge in [0, 0.05) is 12.4 Å². The van der Waals surface area contributed by atoms with Crippen molar-refractivity contribution >= 4 is 23.1 Å². The summed E-state index contributed by atoms with van der Waals surface area (Å²) in [4.78, 5) is 33.4. The lowest BCUT2D eigenvalue weighted by molar-refractivity contribution is -0.104. The topological polar surface area (TPSA) is 148 Å². The zero-order valence-electron chi connectivity index (χ0n) is 14.5. The van der Waals surface area contributed by atoms with Gasteiger partial charge in [-0.15, -0.1) is 0 Å².